The van der Waals surface area contributed by atoms with E-state index in [-0.39, 0.29) is 11.4 Å². The Morgan fingerprint density at radius 2 is 2.00 bits per heavy atom. The smallest absolute Gasteiger partial charge is 0.124 e. The van der Waals surface area contributed by atoms with E-state index < -0.39 is 6.85 Å². The summed E-state index contributed by atoms with van der Waals surface area (Å²) in [5.74, 6) is 0.0858. The highest BCUT2D eigenvalue weighted by Crippen LogP contribution is 2.26. The highest BCUT2D eigenvalue weighted by Gasteiger charge is 2.03. The maximum Gasteiger partial charge on any atom is 0.124 e. The standard InChI is InChI=1S/C12H11NO/c1-9-5-4-7-11(13-9)10-6-2-3-8-12(10)14/h2-8,14H,1H3/i1D3. The van der Waals surface area contributed by atoms with Gasteiger partial charge in [-0.15, -0.1) is 0 Å². The van der Waals surface area contributed by atoms with E-state index in [1.54, 1.807) is 36.4 Å². The van der Waals surface area contributed by atoms with Crippen molar-refractivity contribution in [2.24, 2.45) is 0 Å². The Labute approximate surface area is 87.1 Å². The number of nitrogens with zero attached hydrogens (tertiary/aromatic N) is 1. The van der Waals surface area contributed by atoms with Crippen molar-refractivity contribution in [3.05, 3.63) is 48.2 Å². The Morgan fingerprint density at radius 1 is 1.14 bits per heavy atom. The lowest BCUT2D eigenvalue weighted by atomic mass is 10.1. The number of phenols is 1. The van der Waals surface area contributed by atoms with Crippen LogP contribution in [0.5, 0.6) is 5.75 Å². The third kappa shape index (κ3) is 1.59. The molecule has 0 radical (unpaired) electrons. The molecule has 0 aliphatic carbocycles. The predicted molar refractivity (Wildman–Crippen MR) is 56.1 cm³/mol. The van der Waals surface area contributed by atoms with Gasteiger partial charge in [-0.25, -0.2) is 0 Å². The van der Waals surface area contributed by atoms with E-state index in [4.69, 9.17) is 4.11 Å². The lowest BCUT2D eigenvalue weighted by Gasteiger charge is -2.03. The molecule has 2 aromatic rings. The van der Waals surface area contributed by atoms with Gasteiger partial charge < -0.3 is 5.11 Å². The summed E-state index contributed by atoms with van der Waals surface area (Å²) in [6.07, 6.45) is 0. The van der Waals surface area contributed by atoms with Gasteiger partial charge in [0.1, 0.15) is 5.75 Å². The molecule has 0 amide bonds. The minimum absolute atomic E-state index is 0.0262. The van der Waals surface area contributed by atoms with Gasteiger partial charge in [-0.2, -0.15) is 0 Å². The minimum atomic E-state index is -2.24. The number of hydrogen-bond acceptors (Lipinski definition) is 2. The van der Waals surface area contributed by atoms with Crippen molar-refractivity contribution in [3.8, 4) is 17.0 Å². The normalized spacial score (nSPS) is 14.1. The van der Waals surface area contributed by atoms with Crippen molar-refractivity contribution in [3.63, 3.8) is 0 Å². The van der Waals surface area contributed by atoms with Gasteiger partial charge in [-0.05, 0) is 31.1 Å². The van der Waals surface area contributed by atoms with Crippen molar-refractivity contribution < 1.29 is 9.22 Å². The molecule has 1 N–H and O–H groups in total. The summed E-state index contributed by atoms with van der Waals surface area (Å²) in [6, 6.07) is 11.4. The summed E-state index contributed by atoms with van der Waals surface area (Å²) >= 11 is 0. The average Bonchev–Trinajstić information content (AvgIpc) is 2.29. The molecular formula is C12H11NO. The highest BCUT2D eigenvalue weighted by molar-refractivity contribution is 5.66. The molecular weight excluding hydrogens is 174 g/mol. The first kappa shape index (κ1) is 5.81. The van der Waals surface area contributed by atoms with Crippen molar-refractivity contribution in [2.45, 2.75) is 6.85 Å². The number of aryl methyl sites for hydroxylation is 1. The largest absolute Gasteiger partial charge is 0.507 e. The molecule has 1 aromatic carbocycles. The van der Waals surface area contributed by atoms with Gasteiger partial charge in [-0.1, -0.05) is 18.2 Å². The fraction of sp³-hybridized carbons (Fsp3) is 0.0833. The van der Waals surface area contributed by atoms with E-state index in [1.165, 1.54) is 6.07 Å². The number of para-hydroxylation sites is 1. The van der Waals surface area contributed by atoms with Crippen LogP contribution in [0.25, 0.3) is 11.3 Å². The molecule has 0 atom stereocenters. The molecule has 1 aromatic heterocycles. The summed E-state index contributed by atoms with van der Waals surface area (Å²) in [5, 5.41) is 9.68. The van der Waals surface area contributed by atoms with Crippen LogP contribution in [0.15, 0.2) is 42.5 Å². The number of benzene rings is 1. The Hall–Kier alpha value is -1.83. The number of aromatic nitrogens is 1. The van der Waals surface area contributed by atoms with Crippen LogP contribution in [-0.4, -0.2) is 10.1 Å². The molecule has 2 heteroatoms. The van der Waals surface area contributed by atoms with Crippen LogP contribution in [0.1, 0.15) is 9.81 Å². The minimum Gasteiger partial charge on any atom is -0.507 e. The van der Waals surface area contributed by atoms with Gasteiger partial charge in [0.25, 0.3) is 0 Å². The molecule has 0 saturated carbocycles. The first-order chi connectivity index (χ1) is 7.98. The number of pyridine rings is 1. The van der Waals surface area contributed by atoms with Crippen molar-refractivity contribution in [2.75, 3.05) is 0 Å². The van der Waals surface area contributed by atoms with Crippen LogP contribution < -0.4 is 0 Å². The van der Waals surface area contributed by atoms with E-state index in [2.05, 4.69) is 4.98 Å². The SMILES string of the molecule is [2H]C([2H])([2H])c1cccc(-c2ccccc2O)n1. The summed E-state index contributed by atoms with van der Waals surface area (Å²) < 4.78 is 21.9. The van der Waals surface area contributed by atoms with E-state index in [9.17, 15) is 5.11 Å². The second kappa shape index (κ2) is 3.50. The van der Waals surface area contributed by atoms with Crippen LogP contribution in [0.2, 0.25) is 0 Å². The Balaban J connectivity index is 2.51. The Bertz CT molecular complexity index is 537. The molecule has 14 heavy (non-hydrogen) atoms. The topological polar surface area (TPSA) is 33.1 Å². The van der Waals surface area contributed by atoms with Crippen LogP contribution in [0.3, 0.4) is 0 Å². The third-order valence-corrected chi connectivity index (χ3v) is 1.93. The van der Waals surface area contributed by atoms with Gasteiger partial charge in [0.05, 0.1) is 5.69 Å². The number of rotatable bonds is 1. The van der Waals surface area contributed by atoms with Crippen molar-refractivity contribution in [1.82, 2.24) is 4.98 Å². The molecule has 0 aliphatic rings. The average molecular weight is 188 g/mol. The van der Waals surface area contributed by atoms with Gasteiger partial charge in [-0.3, -0.25) is 4.98 Å². The molecule has 0 bridgehead atoms. The van der Waals surface area contributed by atoms with E-state index >= 15 is 0 Å². The quantitative estimate of drug-likeness (QED) is 0.746. The zero-order chi connectivity index (χ0) is 12.5. The van der Waals surface area contributed by atoms with Crippen LogP contribution in [0, 0.1) is 6.85 Å². The van der Waals surface area contributed by atoms with Crippen molar-refractivity contribution >= 4 is 0 Å². The fourth-order valence-electron chi connectivity index (χ4n) is 1.27. The Kier molecular flexibility index (Phi) is 1.45. The summed E-state index contributed by atoms with van der Waals surface area (Å²) in [7, 11) is 0. The van der Waals surface area contributed by atoms with Crippen LogP contribution >= 0.6 is 0 Å². The maximum absolute atomic E-state index is 9.68. The second-order valence-electron chi connectivity index (χ2n) is 2.93. The molecule has 1 heterocycles. The zero-order valence-corrected chi connectivity index (χ0v) is 7.44. The van der Waals surface area contributed by atoms with Crippen LogP contribution in [-0.2, 0) is 0 Å². The first-order valence-corrected chi connectivity index (χ1v) is 4.24. The number of hydrogen-bond donors (Lipinski definition) is 1. The molecule has 2 rings (SSSR count). The molecule has 2 nitrogen and oxygen atoms in total. The van der Waals surface area contributed by atoms with Gasteiger partial charge in [0, 0.05) is 15.4 Å². The fourth-order valence-corrected chi connectivity index (χ4v) is 1.27. The zero-order valence-electron chi connectivity index (χ0n) is 10.4. The molecule has 0 saturated heterocycles. The Morgan fingerprint density at radius 3 is 2.79 bits per heavy atom. The molecule has 70 valence electrons. The molecule has 0 spiro atoms. The molecule has 0 fully saturated rings. The summed E-state index contributed by atoms with van der Waals surface area (Å²) in [6.45, 7) is -2.24. The number of aromatic hydroxyl groups is 1. The first-order valence-electron chi connectivity index (χ1n) is 5.74. The second-order valence-corrected chi connectivity index (χ2v) is 2.93. The maximum atomic E-state index is 9.68. The summed E-state index contributed by atoms with van der Waals surface area (Å²) in [4.78, 5) is 4.05. The van der Waals surface area contributed by atoms with Crippen LogP contribution in [0.4, 0.5) is 0 Å². The summed E-state index contributed by atoms with van der Waals surface area (Å²) in [5.41, 5.74) is 1.01. The monoisotopic (exact) mass is 188 g/mol. The predicted octanol–water partition coefficient (Wildman–Crippen LogP) is 2.76. The molecule has 0 unspecified atom stereocenters. The molecule has 0 aliphatic heterocycles. The van der Waals surface area contributed by atoms with E-state index in [0.29, 0.717) is 11.3 Å². The van der Waals surface area contributed by atoms with Gasteiger partial charge in [0.2, 0.25) is 0 Å². The van der Waals surface area contributed by atoms with Crippen molar-refractivity contribution in [1.29, 1.82) is 0 Å². The van der Waals surface area contributed by atoms with E-state index in [1.807, 2.05) is 0 Å². The van der Waals surface area contributed by atoms with Gasteiger partial charge in [0.15, 0.2) is 0 Å². The number of phenolic OH excluding ortho intramolecular Hbond substituents is 1. The highest BCUT2D eigenvalue weighted by atomic mass is 16.3. The lowest BCUT2D eigenvalue weighted by Crippen LogP contribution is -1.85. The third-order valence-electron chi connectivity index (χ3n) is 1.93. The van der Waals surface area contributed by atoms with Gasteiger partial charge >= 0.3 is 0 Å². The lowest BCUT2D eigenvalue weighted by molar-refractivity contribution is 0.477. The van der Waals surface area contributed by atoms with E-state index in [0.717, 1.165) is 0 Å².